The first-order valence-electron chi connectivity index (χ1n) is 8.26. The zero-order valence-electron chi connectivity index (χ0n) is 13.8. The van der Waals surface area contributed by atoms with Crippen molar-refractivity contribution in [1.29, 1.82) is 0 Å². The van der Waals surface area contributed by atoms with Crippen molar-refractivity contribution in [3.63, 3.8) is 0 Å². The Hall–Kier alpha value is -1.98. The van der Waals surface area contributed by atoms with Gasteiger partial charge in [0.2, 0.25) is 5.91 Å². The summed E-state index contributed by atoms with van der Waals surface area (Å²) < 4.78 is 0. The van der Waals surface area contributed by atoms with E-state index < -0.39 is 6.10 Å². The van der Waals surface area contributed by atoms with Crippen LogP contribution in [0.3, 0.4) is 0 Å². The highest BCUT2D eigenvalue weighted by molar-refractivity contribution is 7.09. The lowest BCUT2D eigenvalue weighted by atomic mass is 9.93. The number of aromatic nitrogens is 1. The molecule has 1 saturated heterocycles. The van der Waals surface area contributed by atoms with Gasteiger partial charge < -0.3 is 10.0 Å². The number of amides is 1. The molecule has 0 radical (unpaired) electrons. The van der Waals surface area contributed by atoms with E-state index in [1.807, 2.05) is 42.6 Å². The second kappa shape index (κ2) is 7.73. The Bertz CT molecular complexity index is 711. The summed E-state index contributed by atoms with van der Waals surface area (Å²) in [5, 5.41) is 13.3. The lowest BCUT2D eigenvalue weighted by Gasteiger charge is -2.38. The SMILES string of the molecule is Cc1nc(C=CC(=O)N2CCC[C@H](O)[C@@H]2Cc2ccccc2)cs1. The van der Waals surface area contributed by atoms with E-state index in [-0.39, 0.29) is 11.9 Å². The monoisotopic (exact) mass is 342 g/mol. The highest BCUT2D eigenvalue weighted by Crippen LogP contribution is 2.22. The number of carbonyl (C=O) groups is 1. The van der Waals surface area contributed by atoms with Gasteiger partial charge in [0.25, 0.3) is 0 Å². The zero-order chi connectivity index (χ0) is 16.9. The molecule has 2 heterocycles. The van der Waals surface area contributed by atoms with Crippen molar-refractivity contribution in [2.75, 3.05) is 6.54 Å². The Labute approximate surface area is 146 Å². The average molecular weight is 342 g/mol. The van der Waals surface area contributed by atoms with E-state index in [2.05, 4.69) is 4.98 Å². The molecule has 0 saturated carbocycles. The highest BCUT2D eigenvalue weighted by atomic mass is 32.1. The summed E-state index contributed by atoms with van der Waals surface area (Å²) in [4.78, 5) is 18.8. The smallest absolute Gasteiger partial charge is 0.246 e. The van der Waals surface area contributed by atoms with Gasteiger partial charge in [0.15, 0.2) is 0 Å². The maximum Gasteiger partial charge on any atom is 0.246 e. The molecule has 3 rings (SSSR count). The molecule has 0 spiro atoms. The van der Waals surface area contributed by atoms with Crippen molar-refractivity contribution < 1.29 is 9.90 Å². The summed E-state index contributed by atoms with van der Waals surface area (Å²) in [5.74, 6) is -0.0552. The molecule has 0 unspecified atom stereocenters. The lowest BCUT2D eigenvalue weighted by molar-refractivity contribution is -0.133. The quantitative estimate of drug-likeness (QED) is 0.869. The maximum absolute atomic E-state index is 12.6. The fraction of sp³-hybridized carbons (Fsp3) is 0.368. The number of aliphatic hydroxyl groups excluding tert-OH is 1. The zero-order valence-corrected chi connectivity index (χ0v) is 14.6. The van der Waals surface area contributed by atoms with Crippen LogP contribution in [-0.2, 0) is 11.2 Å². The number of piperidine rings is 1. The Morgan fingerprint density at radius 3 is 2.92 bits per heavy atom. The summed E-state index contributed by atoms with van der Waals surface area (Å²) in [6.07, 6.45) is 5.12. The van der Waals surface area contributed by atoms with Gasteiger partial charge in [-0.2, -0.15) is 0 Å². The number of hydrogen-bond donors (Lipinski definition) is 1. The van der Waals surface area contributed by atoms with Gasteiger partial charge in [0.05, 0.1) is 22.8 Å². The first-order chi connectivity index (χ1) is 11.6. The summed E-state index contributed by atoms with van der Waals surface area (Å²) in [5.41, 5.74) is 1.95. The molecule has 0 aliphatic carbocycles. The first-order valence-corrected chi connectivity index (χ1v) is 9.14. The molecule has 126 valence electrons. The number of aryl methyl sites for hydroxylation is 1. The van der Waals surface area contributed by atoms with Crippen LogP contribution in [0.25, 0.3) is 6.08 Å². The van der Waals surface area contributed by atoms with Crippen LogP contribution in [0.15, 0.2) is 41.8 Å². The molecule has 1 amide bonds. The Balaban J connectivity index is 1.73. The van der Waals surface area contributed by atoms with Crippen LogP contribution in [0.1, 0.15) is 29.1 Å². The number of aliphatic hydroxyl groups is 1. The van der Waals surface area contributed by atoms with Crippen molar-refractivity contribution in [2.45, 2.75) is 38.3 Å². The van der Waals surface area contributed by atoms with Gasteiger partial charge in [-0.05, 0) is 37.8 Å². The molecule has 0 bridgehead atoms. The van der Waals surface area contributed by atoms with Crippen LogP contribution in [0, 0.1) is 6.92 Å². The van der Waals surface area contributed by atoms with E-state index in [9.17, 15) is 9.90 Å². The predicted octanol–water partition coefficient (Wildman–Crippen LogP) is 3.06. The molecule has 1 aromatic carbocycles. The van der Waals surface area contributed by atoms with Gasteiger partial charge in [-0.15, -0.1) is 11.3 Å². The average Bonchev–Trinajstić information content (AvgIpc) is 3.01. The standard InChI is InChI=1S/C19H22N2O2S/c1-14-20-16(13-24-14)9-10-19(23)21-11-5-8-18(22)17(21)12-15-6-3-2-4-7-15/h2-4,6-7,9-10,13,17-18,22H,5,8,11-12H2,1H3/t17-,18-/m0/s1. The van der Waals surface area contributed by atoms with E-state index in [1.165, 1.54) is 0 Å². The molecule has 4 nitrogen and oxygen atoms in total. The number of thiazole rings is 1. The Morgan fingerprint density at radius 1 is 1.42 bits per heavy atom. The highest BCUT2D eigenvalue weighted by Gasteiger charge is 2.32. The minimum Gasteiger partial charge on any atom is -0.391 e. The summed E-state index contributed by atoms with van der Waals surface area (Å²) in [6, 6.07) is 9.86. The van der Waals surface area contributed by atoms with Gasteiger partial charge in [-0.25, -0.2) is 4.98 Å². The summed E-state index contributed by atoms with van der Waals surface area (Å²) >= 11 is 1.57. The minimum atomic E-state index is -0.474. The number of carbonyl (C=O) groups excluding carboxylic acids is 1. The number of benzene rings is 1. The molecule has 2 aromatic rings. The van der Waals surface area contributed by atoms with E-state index in [1.54, 1.807) is 28.4 Å². The van der Waals surface area contributed by atoms with Crippen LogP contribution < -0.4 is 0 Å². The fourth-order valence-corrected chi connectivity index (χ4v) is 3.70. The second-order valence-electron chi connectivity index (χ2n) is 6.12. The molecule has 5 heteroatoms. The molecule has 1 N–H and O–H groups in total. The van der Waals surface area contributed by atoms with Gasteiger partial charge in [-0.1, -0.05) is 30.3 Å². The molecule has 24 heavy (non-hydrogen) atoms. The Kier molecular flexibility index (Phi) is 5.43. The molecule has 1 aliphatic rings. The van der Waals surface area contributed by atoms with Crippen LogP contribution in [0.5, 0.6) is 0 Å². The van der Waals surface area contributed by atoms with Crippen LogP contribution >= 0.6 is 11.3 Å². The number of likely N-dealkylation sites (tertiary alicyclic amines) is 1. The maximum atomic E-state index is 12.6. The molecular formula is C19H22N2O2S. The molecule has 2 atom stereocenters. The third kappa shape index (κ3) is 4.10. The van der Waals surface area contributed by atoms with Gasteiger partial charge in [0, 0.05) is 18.0 Å². The van der Waals surface area contributed by atoms with Crippen molar-refractivity contribution in [3.05, 3.63) is 58.1 Å². The van der Waals surface area contributed by atoms with E-state index >= 15 is 0 Å². The molecular weight excluding hydrogens is 320 g/mol. The Morgan fingerprint density at radius 2 is 2.21 bits per heavy atom. The fourth-order valence-electron chi connectivity index (χ4n) is 3.12. The molecule has 1 aromatic heterocycles. The second-order valence-corrected chi connectivity index (χ2v) is 7.19. The van der Waals surface area contributed by atoms with Gasteiger partial charge >= 0.3 is 0 Å². The van der Waals surface area contributed by atoms with Crippen LogP contribution in [0.2, 0.25) is 0 Å². The molecule has 1 aliphatic heterocycles. The first kappa shape index (κ1) is 16.9. The van der Waals surface area contributed by atoms with Gasteiger partial charge in [0.1, 0.15) is 0 Å². The van der Waals surface area contributed by atoms with Gasteiger partial charge in [-0.3, -0.25) is 4.79 Å². The van der Waals surface area contributed by atoms with Crippen molar-refractivity contribution >= 4 is 23.3 Å². The molecule has 1 fully saturated rings. The largest absolute Gasteiger partial charge is 0.391 e. The van der Waals surface area contributed by atoms with Crippen molar-refractivity contribution in [1.82, 2.24) is 9.88 Å². The van der Waals surface area contributed by atoms with Crippen LogP contribution in [0.4, 0.5) is 0 Å². The third-order valence-corrected chi connectivity index (χ3v) is 5.14. The predicted molar refractivity (Wildman–Crippen MR) is 96.8 cm³/mol. The van der Waals surface area contributed by atoms with E-state index in [0.29, 0.717) is 13.0 Å². The normalized spacial score (nSPS) is 21.3. The van der Waals surface area contributed by atoms with Crippen LogP contribution in [-0.4, -0.2) is 39.6 Å². The summed E-state index contributed by atoms with van der Waals surface area (Å²) in [7, 11) is 0. The third-order valence-electron chi connectivity index (χ3n) is 4.35. The van der Waals surface area contributed by atoms with Crippen molar-refractivity contribution in [3.8, 4) is 0 Å². The number of hydrogen-bond acceptors (Lipinski definition) is 4. The number of nitrogens with zero attached hydrogens (tertiary/aromatic N) is 2. The lowest BCUT2D eigenvalue weighted by Crippen LogP contribution is -2.51. The van der Waals surface area contributed by atoms with E-state index in [0.717, 1.165) is 29.1 Å². The topological polar surface area (TPSA) is 53.4 Å². The van der Waals surface area contributed by atoms with Crippen molar-refractivity contribution in [2.24, 2.45) is 0 Å². The minimum absolute atomic E-state index is 0.0552. The number of rotatable bonds is 4. The van der Waals surface area contributed by atoms with E-state index in [4.69, 9.17) is 0 Å². The summed E-state index contributed by atoms with van der Waals surface area (Å²) in [6.45, 7) is 2.63.